The minimum atomic E-state index is -0.0657. The molecule has 1 N–H and O–H groups in total. The minimum absolute atomic E-state index is 0.0311. The molecule has 5 heteroatoms. The number of likely N-dealkylation sites (tertiary alicyclic amines) is 1. The van der Waals surface area contributed by atoms with Crippen molar-refractivity contribution in [2.75, 3.05) is 25.0 Å². The number of ether oxygens (including phenoxy) is 1. The Kier molecular flexibility index (Phi) is 6.12. The first kappa shape index (κ1) is 19.0. The normalized spacial score (nSPS) is 14.7. The Morgan fingerprint density at radius 1 is 1.07 bits per heavy atom. The van der Waals surface area contributed by atoms with Crippen LogP contribution in [0.25, 0.3) is 0 Å². The highest BCUT2D eigenvalue weighted by molar-refractivity contribution is 5.93. The van der Waals surface area contributed by atoms with E-state index < -0.39 is 0 Å². The molecule has 0 radical (unpaired) electrons. The summed E-state index contributed by atoms with van der Waals surface area (Å²) in [5, 5.41) is 3.04. The van der Waals surface area contributed by atoms with Crippen molar-refractivity contribution in [2.45, 2.75) is 26.7 Å². The van der Waals surface area contributed by atoms with Gasteiger partial charge in [0.05, 0.1) is 0 Å². The number of rotatable bonds is 5. The van der Waals surface area contributed by atoms with E-state index in [1.54, 1.807) is 4.90 Å². The molecule has 0 unspecified atom stereocenters. The van der Waals surface area contributed by atoms with E-state index in [-0.39, 0.29) is 24.3 Å². The van der Waals surface area contributed by atoms with Crippen molar-refractivity contribution in [3.63, 3.8) is 0 Å². The molecule has 1 aliphatic heterocycles. The number of nitrogens with zero attached hydrogens (tertiary/aromatic N) is 1. The second kappa shape index (κ2) is 8.71. The Balaban J connectivity index is 1.47. The van der Waals surface area contributed by atoms with E-state index in [1.165, 1.54) is 0 Å². The number of hydrogen-bond donors (Lipinski definition) is 1. The van der Waals surface area contributed by atoms with Crippen molar-refractivity contribution in [3.05, 3.63) is 59.7 Å². The summed E-state index contributed by atoms with van der Waals surface area (Å²) < 4.78 is 5.53. The minimum Gasteiger partial charge on any atom is -0.484 e. The van der Waals surface area contributed by atoms with Crippen LogP contribution in [0.2, 0.25) is 0 Å². The maximum absolute atomic E-state index is 12.6. The molecule has 1 fully saturated rings. The number of hydrogen-bond acceptors (Lipinski definition) is 3. The van der Waals surface area contributed by atoms with Crippen LogP contribution in [0.1, 0.15) is 24.0 Å². The molecule has 2 amide bonds. The molecular formula is C22H26N2O3. The van der Waals surface area contributed by atoms with Crippen molar-refractivity contribution in [2.24, 2.45) is 5.92 Å². The summed E-state index contributed by atoms with van der Waals surface area (Å²) in [6.45, 7) is 5.20. The summed E-state index contributed by atoms with van der Waals surface area (Å²) in [5.74, 6) is 0.626. The van der Waals surface area contributed by atoms with Crippen LogP contribution in [0.5, 0.6) is 5.75 Å². The molecule has 27 heavy (non-hydrogen) atoms. The topological polar surface area (TPSA) is 58.6 Å². The van der Waals surface area contributed by atoms with Gasteiger partial charge in [0.25, 0.3) is 5.91 Å². The molecule has 2 aromatic rings. The molecular weight excluding hydrogens is 340 g/mol. The Labute approximate surface area is 160 Å². The van der Waals surface area contributed by atoms with Gasteiger partial charge in [0, 0.05) is 24.7 Å². The Hall–Kier alpha value is -2.82. The van der Waals surface area contributed by atoms with Gasteiger partial charge in [-0.2, -0.15) is 0 Å². The first-order valence-corrected chi connectivity index (χ1v) is 9.36. The van der Waals surface area contributed by atoms with E-state index in [1.807, 2.05) is 62.4 Å². The van der Waals surface area contributed by atoms with Crippen LogP contribution >= 0.6 is 0 Å². The summed E-state index contributed by atoms with van der Waals surface area (Å²) in [6, 6.07) is 15.4. The lowest BCUT2D eigenvalue weighted by Crippen LogP contribution is -2.43. The van der Waals surface area contributed by atoms with Crippen LogP contribution in [-0.4, -0.2) is 36.4 Å². The van der Waals surface area contributed by atoms with Gasteiger partial charge in [0.1, 0.15) is 5.75 Å². The van der Waals surface area contributed by atoms with Crippen molar-refractivity contribution in [1.82, 2.24) is 4.90 Å². The van der Waals surface area contributed by atoms with Crippen molar-refractivity contribution in [3.8, 4) is 5.75 Å². The second-order valence-corrected chi connectivity index (χ2v) is 7.06. The van der Waals surface area contributed by atoms with Crippen molar-refractivity contribution < 1.29 is 14.3 Å². The zero-order chi connectivity index (χ0) is 19.2. The predicted octanol–water partition coefficient (Wildman–Crippen LogP) is 3.56. The number of piperidine rings is 1. The van der Waals surface area contributed by atoms with Gasteiger partial charge in [-0.1, -0.05) is 30.3 Å². The molecule has 1 saturated heterocycles. The van der Waals surface area contributed by atoms with E-state index in [4.69, 9.17) is 4.74 Å². The third kappa shape index (κ3) is 5.09. The fourth-order valence-corrected chi connectivity index (χ4v) is 3.25. The Morgan fingerprint density at radius 2 is 1.78 bits per heavy atom. The second-order valence-electron chi connectivity index (χ2n) is 7.06. The van der Waals surface area contributed by atoms with Gasteiger partial charge in [-0.05, 0) is 56.0 Å². The molecule has 0 spiro atoms. The van der Waals surface area contributed by atoms with Gasteiger partial charge in [0.15, 0.2) is 6.61 Å². The number of aryl methyl sites for hydroxylation is 2. The maximum atomic E-state index is 12.6. The van der Waals surface area contributed by atoms with Crippen molar-refractivity contribution in [1.29, 1.82) is 0 Å². The smallest absolute Gasteiger partial charge is 0.260 e. The molecule has 0 bridgehead atoms. The lowest BCUT2D eigenvalue weighted by atomic mass is 9.95. The molecule has 0 atom stereocenters. The lowest BCUT2D eigenvalue weighted by molar-refractivity contribution is -0.136. The fraction of sp³-hybridized carbons (Fsp3) is 0.364. The summed E-state index contributed by atoms with van der Waals surface area (Å²) in [4.78, 5) is 26.7. The zero-order valence-corrected chi connectivity index (χ0v) is 15.9. The van der Waals surface area contributed by atoms with Crippen LogP contribution in [-0.2, 0) is 9.59 Å². The Morgan fingerprint density at radius 3 is 2.48 bits per heavy atom. The highest BCUT2D eigenvalue weighted by Gasteiger charge is 2.27. The fourth-order valence-electron chi connectivity index (χ4n) is 3.25. The van der Waals surface area contributed by atoms with Crippen LogP contribution in [0.4, 0.5) is 5.69 Å². The number of para-hydroxylation sites is 1. The Bertz CT molecular complexity index is 796. The zero-order valence-electron chi connectivity index (χ0n) is 15.9. The molecule has 5 nitrogen and oxygen atoms in total. The summed E-state index contributed by atoms with van der Waals surface area (Å²) in [5.41, 5.74) is 3.05. The van der Waals surface area contributed by atoms with E-state index in [0.717, 1.165) is 16.8 Å². The van der Waals surface area contributed by atoms with Crippen LogP contribution in [0.3, 0.4) is 0 Å². The van der Waals surface area contributed by atoms with Crippen LogP contribution in [0, 0.1) is 19.8 Å². The average molecular weight is 366 g/mol. The number of benzene rings is 2. The molecule has 1 heterocycles. The monoisotopic (exact) mass is 366 g/mol. The standard InChI is InChI=1S/C22H26N2O3/c1-16-8-9-17(2)20(14-16)23-22(26)18-10-12-24(13-11-18)21(25)15-27-19-6-4-3-5-7-19/h3-9,14,18H,10-13,15H2,1-2H3,(H,23,26). The van der Waals surface area contributed by atoms with E-state index in [0.29, 0.717) is 31.7 Å². The lowest BCUT2D eigenvalue weighted by Gasteiger charge is -2.31. The quantitative estimate of drug-likeness (QED) is 0.880. The number of anilines is 1. The number of nitrogens with one attached hydrogen (secondary N) is 1. The van der Waals surface area contributed by atoms with Crippen LogP contribution < -0.4 is 10.1 Å². The number of amides is 2. The van der Waals surface area contributed by atoms with Crippen LogP contribution in [0.15, 0.2) is 48.5 Å². The summed E-state index contributed by atoms with van der Waals surface area (Å²) in [7, 11) is 0. The predicted molar refractivity (Wildman–Crippen MR) is 106 cm³/mol. The van der Waals surface area contributed by atoms with Gasteiger partial charge < -0.3 is 15.0 Å². The van der Waals surface area contributed by atoms with Gasteiger partial charge >= 0.3 is 0 Å². The number of carbonyl (C=O) groups excluding carboxylic acids is 2. The van der Waals surface area contributed by atoms with Gasteiger partial charge in [-0.15, -0.1) is 0 Å². The maximum Gasteiger partial charge on any atom is 0.260 e. The van der Waals surface area contributed by atoms with Gasteiger partial charge in [0.2, 0.25) is 5.91 Å². The molecule has 1 aliphatic rings. The molecule has 3 rings (SSSR count). The van der Waals surface area contributed by atoms with E-state index in [9.17, 15) is 9.59 Å². The third-order valence-corrected chi connectivity index (χ3v) is 4.97. The van der Waals surface area contributed by atoms with Gasteiger partial charge in [-0.3, -0.25) is 9.59 Å². The van der Waals surface area contributed by atoms with Gasteiger partial charge in [-0.25, -0.2) is 0 Å². The summed E-state index contributed by atoms with van der Waals surface area (Å²) >= 11 is 0. The SMILES string of the molecule is Cc1ccc(C)c(NC(=O)C2CCN(C(=O)COc3ccccc3)CC2)c1. The first-order chi connectivity index (χ1) is 13.0. The van der Waals surface area contributed by atoms with E-state index >= 15 is 0 Å². The first-order valence-electron chi connectivity index (χ1n) is 9.36. The highest BCUT2D eigenvalue weighted by atomic mass is 16.5. The summed E-state index contributed by atoms with van der Waals surface area (Å²) in [6.07, 6.45) is 1.35. The average Bonchev–Trinajstić information content (AvgIpc) is 2.70. The van der Waals surface area contributed by atoms with E-state index in [2.05, 4.69) is 5.32 Å². The molecule has 0 aromatic heterocycles. The molecule has 2 aromatic carbocycles. The molecule has 0 saturated carbocycles. The van der Waals surface area contributed by atoms with Crippen molar-refractivity contribution >= 4 is 17.5 Å². The highest BCUT2D eigenvalue weighted by Crippen LogP contribution is 2.22. The molecule has 0 aliphatic carbocycles. The third-order valence-electron chi connectivity index (χ3n) is 4.97. The number of carbonyl (C=O) groups is 2. The molecule has 142 valence electrons. The largest absolute Gasteiger partial charge is 0.484 e.